The van der Waals surface area contributed by atoms with E-state index in [2.05, 4.69) is 0 Å². The lowest BCUT2D eigenvalue weighted by Gasteiger charge is -2.17. The highest BCUT2D eigenvalue weighted by Crippen LogP contribution is 2.30. The van der Waals surface area contributed by atoms with Crippen molar-refractivity contribution in [2.75, 3.05) is 19.9 Å². The molecule has 23 heavy (non-hydrogen) atoms. The summed E-state index contributed by atoms with van der Waals surface area (Å²) in [5, 5.41) is 1.21. The van der Waals surface area contributed by atoms with E-state index >= 15 is 0 Å². The van der Waals surface area contributed by atoms with Crippen molar-refractivity contribution >= 4 is 40.9 Å². The van der Waals surface area contributed by atoms with Crippen LogP contribution in [0.3, 0.4) is 0 Å². The van der Waals surface area contributed by atoms with E-state index in [1.165, 1.54) is 11.8 Å². The van der Waals surface area contributed by atoms with E-state index in [1.54, 1.807) is 37.3 Å². The second-order valence-electron chi connectivity index (χ2n) is 4.96. The molecule has 3 nitrogen and oxygen atoms in total. The molecule has 0 bridgehead atoms. The average molecular weight is 370 g/mol. The SMILES string of the molecule is COc1ccc(CN(C)C(=O)CSc2cc(Cl)ccc2Cl)cc1. The lowest BCUT2D eigenvalue weighted by atomic mass is 10.2. The second kappa shape index (κ2) is 8.48. The Labute approximate surface area is 150 Å². The quantitative estimate of drug-likeness (QED) is 0.687. The summed E-state index contributed by atoms with van der Waals surface area (Å²) in [6, 6.07) is 12.9. The molecule has 0 aliphatic heterocycles. The van der Waals surface area contributed by atoms with Gasteiger partial charge in [0.25, 0.3) is 0 Å². The van der Waals surface area contributed by atoms with Gasteiger partial charge in [0, 0.05) is 23.5 Å². The van der Waals surface area contributed by atoms with Crippen LogP contribution in [0.25, 0.3) is 0 Å². The zero-order valence-electron chi connectivity index (χ0n) is 12.9. The van der Waals surface area contributed by atoms with Gasteiger partial charge in [0.1, 0.15) is 5.75 Å². The van der Waals surface area contributed by atoms with Gasteiger partial charge in [0.2, 0.25) is 5.91 Å². The number of halogens is 2. The van der Waals surface area contributed by atoms with Crippen molar-refractivity contribution in [2.24, 2.45) is 0 Å². The van der Waals surface area contributed by atoms with Crippen molar-refractivity contribution in [1.82, 2.24) is 4.90 Å². The lowest BCUT2D eigenvalue weighted by Crippen LogP contribution is -2.27. The minimum Gasteiger partial charge on any atom is -0.497 e. The maximum Gasteiger partial charge on any atom is 0.232 e. The smallest absolute Gasteiger partial charge is 0.232 e. The van der Waals surface area contributed by atoms with Gasteiger partial charge in [0.15, 0.2) is 0 Å². The standard InChI is InChI=1S/C17H17Cl2NO2S/c1-20(10-12-3-6-14(22-2)7-4-12)17(21)11-23-16-9-13(18)5-8-15(16)19/h3-9H,10-11H2,1-2H3. The fraction of sp³-hybridized carbons (Fsp3) is 0.235. The highest BCUT2D eigenvalue weighted by atomic mass is 35.5. The first-order valence-electron chi connectivity index (χ1n) is 6.94. The molecule has 0 aliphatic carbocycles. The molecule has 0 saturated carbocycles. The van der Waals surface area contributed by atoms with Crippen molar-refractivity contribution in [3.63, 3.8) is 0 Å². The van der Waals surface area contributed by atoms with E-state index in [1.807, 2.05) is 24.3 Å². The maximum atomic E-state index is 12.2. The Morgan fingerprint density at radius 1 is 1.17 bits per heavy atom. The third-order valence-corrected chi connectivity index (χ3v) is 4.97. The van der Waals surface area contributed by atoms with Gasteiger partial charge in [-0.25, -0.2) is 0 Å². The van der Waals surface area contributed by atoms with Crippen molar-refractivity contribution in [1.29, 1.82) is 0 Å². The van der Waals surface area contributed by atoms with E-state index < -0.39 is 0 Å². The van der Waals surface area contributed by atoms with Crippen LogP contribution in [-0.2, 0) is 11.3 Å². The molecule has 2 aromatic carbocycles. The largest absolute Gasteiger partial charge is 0.497 e. The van der Waals surface area contributed by atoms with Gasteiger partial charge in [-0.1, -0.05) is 35.3 Å². The Morgan fingerprint density at radius 3 is 2.52 bits per heavy atom. The molecule has 6 heteroatoms. The number of carbonyl (C=O) groups is 1. The molecule has 0 spiro atoms. The number of rotatable bonds is 6. The Bertz CT molecular complexity index is 677. The van der Waals surface area contributed by atoms with Gasteiger partial charge in [0.05, 0.1) is 17.9 Å². The number of ether oxygens (including phenoxy) is 1. The van der Waals surface area contributed by atoms with Crippen LogP contribution in [0.15, 0.2) is 47.4 Å². The van der Waals surface area contributed by atoms with Crippen molar-refractivity contribution < 1.29 is 9.53 Å². The highest BCUT2D eigenvalue weighted by molar-refractivity contribution is 8.00. The van der Waals surface area contributed by atoms with Crippen molar-refractivity contribution in [3.8, 4) is 5.75 Å². The third-order valence-electron chi connectivity index (χ3n) is 3.25. The molecule has 1 amide bonds. The maximum absolute atomic E-state index is 12.2. The molecule has 0 atom stereocenters. The van der Waals surface area contributed by atoms with Gasteiger partial charge in [-0.2, -0.15) is 0 Å². The number of nitrogens with zero attached hydrogens (tertiary/aromatic N) is 1. The first-order chi connectivity index (χ1) is 11.0. The minimum atomic E-state index is 0.0295. The van der Waals surface area contributed by atoms with Gasteiger partial charge in [-0.3, -0.25) is 4.79 Å². The number of carbonyl (C=O) groups excluding carboxylic acids is 1. The summed E-state index contributed by atoms with van der Waals surface area (Å²) >= 11 is 13.4. The van der Waals surface area contributed by atoms with Crippen molar-refractivity contribution in [3.05, 3.63) is 58.1 Å². The number of amides is 1. The number of thioether (sulfide) groups is 1. The molecule has 0 aromatic heterocycles. The molecule has 0 unspecified atom stereocenters. The van der Waals surface area contributed by atoms with E-state index in [-0.39, 0.29) is 5.91 Å². The molecular weight excluding hydrogens is 353 g/mol. The van der Waals surface area contributed by atoms with Crippen LogP contribution in [0.5, 0.6) is 5.75 Å². The summed E-state index contributed by atoms with van der Waals surface area (Å²) in [5.41, 5.74) is 1.05. The second-order valence-corrected chi connectivity index (χ2v) is 6.82. The number of hydrogen-bond donors (Lipinski definition) is 0. The van der Waals surface area contributed by atoms with Crippen LogP contribution in [0.1, 0.15) is 5.56 Å². The van der Waals surface area contributed by atoms with E-state index in [4.69, 9.17) is 27.9 Å². The first-order valence-corrected chi connectivity index (χ1v) is 8.68. The predicted molar refractivity (Wildman–Crippen MR) is 96.7 cm³/mol. The molecule has 0 saturated heterocycles. The highest BCUT2D eigenvalue weighted by Gasteiger charge is 2.11. The monoisotopic (exact) mass is 369 g/mol. The van der Waals surface area contributed by atoms with Crippen LogP contribution < -0.4 is 4.74 Å². The van der Waals surface area contributed by atoms with Crippen molar-refractivity contribution in [2.45, 2.75) is 11.4 Å². The zero-order valence-corrected chi connectivity index (χ0v) is 15.2. The molecular formula is C17H17Cl2NO2S. The Balaban J connectivity index is 1.90. The minimum absolute atomic E-state index is 0.0295. The topological polar surface area (TPSA) is 29.5 Å². The molecule has 122 valence electrons. The first kappa shape index (κ1) is 18.0. The fourth-order valence-electron chi connectivity index (χ4n) is 1.93. The third kappa shape index (κ3) is 5.34. The van der Waals surface area contributed by atoms with Crippen LogP contribution in [0.4, 0.5) is 0 Å². The van der Waals surface area contributed by atoms with E-state index in [0.29, 0.717) is 22.3 Å². The summed E-state index contributed by atoms with van der Waals surface area (Å²) in [4.78, 5) is 14.7. The van der Waals surface area contributed by atoms with Gasteiger partial charge < -0.3 is 9.64 Å². The van der Waals surface area contributed by atoms with Gasteiger partial charge in [-0.15, -0.1) is 11.8 Å². The molecule has 0 aliphatic rings. The lowest BCUT2D eigenvalue weighted by molar-refractivity contribution is -0.127. The molecule has 0 fully saturated rings. The van der Waals surface area contributed by atoms with E-state index in [0.717, 1.165) is 16.2 Å². The van der Waals surface area contributed by atoms with Crippen LogP contribution in [-0.4, -0.2) is 30.7 Å². The normalized spacial score (nSPS) is 10.4. The van der Waals surface area contributed by atoms with E-state index in [9.17, 15) is 4.79 Å². The molecule has 2 rings (SSSR count). The summed E-state index contributed by atoms with van der Waals surface area (Å²) in [6.07, 6.45) is 0. The fourth-order valence-corrected chi connectivity index (χ4v) is 3.36. The summed E-state index contributed by atoms with van der Waals surface area (Å²) < 4.78 is 5.12. The summed E-state index contributed by atoms with van der Waals surface area (Å²) in [6.45, 7) is 0.548. The van der Waals surface area contributed by atoms with Crippen LogP contribution in [0.2, 0.25) is 10.0 Å². The zero-order chi connectivity index (χ0) is 16.8. The van der Waals surface area contributed by atoms with Crippen LogP contribution >= 0.6 is 35.0 Å². The molecule has 0 radical (unpaired) electrons. The van der Waals surface area contributed by atoms with Crippen LogP contribution in [0, 0.1) is 0 Å². The van der Waals surface area contributed by atoms with Gasteiger partial charge >= 0.3 is 0 Å². The number of hydrogen-bond acceptors (Lipinski definition) is 3. The average Bonchev–Trinajstić information content (AvgIpc) is 2.56. The Morgan fingerprint density at radius 2 is 1.87 bits per heavy atom. The number of methoxy groups -OCH3 is 1. The molecule has 0 N–H and O–H groups in total. The Hall–Kier alpha value is -1.36. The predicted octanol–water partition coefficient (Wildman–Crippen LogP) is 4.75. The molecule has 0 heterocycles. The van der Waals surface area contributed by atoms with Gasteiger partial charge in [-0.05, 0) is 35.9 Å². The molecule has 2 aromatic rings. The number of benzene rings is 2. The summed E-state index contributed by atoms with van der Waals surface area (Å²) in [5.74, 6) is 1.14. The Kier molecular flexibility index (Phi) is 6.63. The summed E-state index contributed by atoms with van der Waals surface area (Å²) in [7, 11) is 3.41.